The second-order valence-electron chi connectivity index (χ2n) is 4.10. The molecule has 0 unspecified atom stereocenters. The lowest BCUT2D eigenvalue weighted by Crippen LogP contribution is -2.01. The summed E-state index contributed by atoms with van der Waals surface area (Å²) in [7, 11) is 0. The van der Waals surface area contributed by atoms with E-state index in [4.69, 9.17) is 0 Å². The molecule has 0 atom stereocenters. The Bertz CT molecular complexity index is 613. The van der Waals surface area contributed by atoms with Crippen molar-refractivity contribution in [1.29, 1.82) is 0 Å². The number of nitrogens with zero attached hydrogens (tertiary/aromatic N) is 1. The van der Waals surface area contributed by atoms with Crippen LogP contribution in [0.4, 0.5) is 0 Å². The summed E-state index contributed by atoms with van der Waals surface area (Å²) in [6, 6.07) is 9.67. The molecule has 0 aliphatic rings. The first-order valence-electron chi connectivity index (χ1n) is 5.32. The lowest BCUT2D eigenvalue weighted by molar-refractivity contribution is 0.104. The maximum atomic E-state index is 12.0. The number of allylic oxidation sites excluding steroid dienone is 2. The average molecular weight is 290 g/mol. The van der Waals surface area contributed by atoms with Gasteiger partial charge in [-0.05, 0) is 48.0 Å². The minimum atomic E-state index is -0.0670. The molecule has 0 N–H and O–H groups in total. The first-order chi connectivity index (χ1) is 8.08. The van der Waals surface area contributed by atoms with Crippen molar-refractivity contribution in [3.63, 3.8) is 0 Å². The van der Waals surface area contributed by atoms with E-state index in [1.807, 2.05) is 44.2 Å². The summed E-state index contributed by atoms with van der Waals surface area (Å²) in [5, 5.41) is 1.02. The summed E-state index contributed by atoms with van der Waals surface area (Å²) in [5.74, 6) is -0.0670. The lowest BCUT2D eigenvalue weighted by atomic mass is 10.1. The number of halogens is 1. The number of hydrogen-bond acceptors (Lipinski definition) is 2. The van der Waals surface area contributed by atoms with Gasteiger partial charge in [0.2, 0.25) is 5.78 Å². The second kappa shape index (κ2) is 4.80. The Kier molecular flexibility index (Phi) is 3.38. The van der Waals surface area contributed by atoms with Gasteiger partial charge in [-0.25, -0.2) is 4.98 Å². The zero-order valence-electron chi connectivity index (χ0n) is 9.70. The van der Waals surface area contributed by atoms with Gasteiger partial charge in [0.15, 0.2) is 0 Å². The maximum absolute atomic E-state index is 12.0. The van der Waals surface area contributed by atoms with Crippen molar-refractivity contribution in [1.82, 2.24) is 4.98 Å². The zero-order valence-corrected chi connectivity index (χ0v) is 11.3. The molecule has 1 aromatic carbocycles. The Hall–Kier alpha value is -1.48. The van der Waals surface area contributed by atoms with Gasteiger partial charge in [0.25, 0.3) is 0 Å². The number of carbonyl (C=O) groups excluding carboxylic acids is 1. The highest BCUT2D eigenvalue weighted by Crippen LogP contribution is 2.22. The van der Waals surface area contributed by atoms with Crippen LogP contribution < -0.4 is 0 Å². The minimum absolute atomic E-state index is 0.0670. The normalized spacial score (nSPS) is 10.3. The third-order valence-electron chi connectivity index (χ3n) is 2.33. The molecule has 0 saturated heterocycles. The van der Waals surface area contributed by atoms with E-state index in [9.17, 15) is 4.79 Å². The number of aromatic nitrogens is 1. The van der Waals surface area contributed by atoms with Gasteiger partial charge >= 0.3 is 0 Å². The molecule has 2 rings (SSSR count). The smallest absolute Gasteiger partial charge is 0.205 e. The van der Waals surface area contributed by atoms with E-state index in [0.717, 1.165) is 20.9 Å². The number of benzene rings is 1. The summed E-state index contributed by atoms with van der Waals surface area (Å²) in [4.78, 5) is 16.3. The van der Waals surface area contributed by atoms with E-state index < -0.39 is 0 Å². The molecule has 0 bridgehead atoms. The fourth-order valence-corrected chi connectivity index (χ4v) is 2.12. The van der Waals surface area contributed by atoms with Crippen LogP contribution in [0.1, 0.15) is 24.3 Å². The number of fused-ring (bicyclic) bond motifs is 1. The van der Waals surface area contributed by atoms with Gasteiger partial charge < -0.3 is 0 Å². The molecule has 0 spiro atoms. The SMILES string of the molecule is CC(C)=CC(=O)c1nc2ccccc2cc1Br. The molecular formula is C14H12BrNO. The van der Waals surface area contributed by atoms with E-state index in [2.05, 4.69) is 20.9 Å². The van der Waals surface area contributed by atoms with Gasteiger partial charge in [0, 0.05) is 9.86 Å². The number of pyridine rings is 1. The third-order valence-corrected chi connectivity index (χ3v) is 2.94. The van der Waals surface area contributed by atoms with Crippen LogP contribution in [-0.4, -0.2) is 10.8 Å². The van der Waals surface area contributed by atoms with Crippen LogP contribution in [-0.2, 0) is 0 Å². The summed E-state index contributed by atoms with van der Waals surface area (Å²) in [6.07, 6.45) is 1.60. The molecule has 86 valence electrons. The van der Waals surface area contributed by atoms with Gasteiger partial charge in [-0.1, -0.05) is 23.8 Å². The van der Waals surface area contributed by atoms with Crippen molar-refractivity contribution in [2.24, 2.45) is 0 Å². The largest absolute Gasteiger partial charge is 0.287 e. The van der Waals surface area contributed by atoms with Crippen LogP contribution in [0, 0.1) is 0 Å². The highest BCUT2D eigenvalue weighted by molar-refractivity contribution is 9.10. The molecule has 0 radical (unpaired) electrons. The van der Waals surface area contributed by atoms with E-state index >= 15 is 0 Å². The number of carbonyl (C=O) groups is 1. The van der Waals surface area contributed by atoms with Crippen LogP contribution in [0.5, 0.6) is 0 Å². The van der Waals surface area contributed by atoms with Crippen molar-refractivity contribution in [3.8, 4) is 0 Å². The molecule has 0 aliphatic carbocycles. The molecular weight excluding hydrogens is 278 g/mol. The van der Waals surface area contributed by atoms with E-state index in [0.29, 0.717) is 5.69 Å². The first kappa shape index (κ1) is 12.0. The van der Waals surface area contributed by atoms with E-state index in [-0.39, 0.29) is 5.78 Å². The topological polar surface area (TPSA) is 30.0 Å². The second-order valence-corrected chi connectivity index (χ2v) is 4.95. The summed E-state index contributed by atoms with van der Waals surface area (Å²) < 4.78 is 0.735. The predicted molar refractivity (Wildman–Crippen MR) is 73.2 cm³/mol. The fraction of sp³-hybridized carbons (Fsp3) is 0.143. The van der Waals surface area contributed by atoms with Crippen molar-refractivity contribution in [2.45, 2.75) is 13.8 Å². The monoisotopic (exact) mass is 289 g/mol. The Morgan fingerprint density at radius 1 is 1.29 bits per heavy atom. The molecule has 1 heterocycles. The van der Waals surface area contributed by atoms with Gasteiger partial charge in [0.05, 0.1) is 5.52 Å². The summed E-state index contributed by atoms with van der Waals surface area (Å²) in [5.41, 5.74) is 2.27. The highest BCUT2D eigenvalue weighted by atomic mass is 79.9. The Morgan fingerprint density at radius 3 is 2.71 bits per heavy atom. The molecule has 0 fully saturated rings. The third kappa shape index (κ3) is 2.61. The number of para-hydroxylation sites is 1. The van der Waals surface area contributed by atoms with E-state index in [1.54, 1.807) is 6.08 Å². The van der Waals surface area contributed by atoms with Gasteiger partial charge in [0.1, 0.15) is 5.69 Å². The van der Waals surface area contributed by atoms with Crippen molar-refractivity contribution >= 4 is 32.6 Å². The minimum Gasteiger partial charge on any atom is -0.287 e. The van der Waals surface area contributed by atoms with Crippen LogP contribution in [0.25, 0.3) is 10.9 Å². The average Bonchev–Trinajstić information content (AvgIpc) is 2.27. The standard InChI is InChI=1S/C14H12BrNO/c1-9(2)7-13(17)14-11(15)8-10-5-3-4-6-12(10)16-14/h3-8H,1-2H3. The summed E-state index contributed by atoms with van der Waals surface area (Å²) in [6.45, 7) is 3.79. The van der Waals surface area contributed by atoms with Gasteiger partial charge in [-0.2, -0.15) is 0 Å². The molecule has 2 aromatic rings. The molecule has 0 aliphatic heterocycles. The van der Waals surface area contributed by atoms with Crippen LogP contribution in [0.2, 0.25) is 0 Å². The Morgan fingerprint density at radius 2 is 2.00 bits per heavy atom. The molecule has 3 heteroatoms. The van der Waals surface area contributed by atoms with Crippen LogP contribution >= 0.6 is 15.9 Å². The van der Waals surface area contributed by atoms with Crippen LogP contribution in [0.15, 0.2) is 46.5 Å². The lowest BCUT2D eigenvalue weighted by Gasteiger charge is -2.03. The molecule has 17 heavy (non-hydrogen) atoms. The van der Waals surface area contributed by atoms with Crippen molar-refractivity contribution in [2.75, 3.05) is 0 Å². The highest BCUT2D eigenvalue weighted by Gasteiger charge is 2.10. The predicted octanol–water partition coefficient (Wildman–Crippen LogP) is 4.15. The molecule has 0 saturated carbocycles. The molecule has 0 amide bonds. The Labute approximate surface area is 108 Å². The van der Waals surface area contributed by atoms with Crippen molar-refractivity contribution < 1.29 is 4.79 Å². The summed E-state index contributed by atoms with van der Waals surface area (Å²) >= 11 is 3.40. The van der Waals surface area contributed by atoms with Crippen LogP contribution in [0.3, 0.4) is 0 Å². The van der Waals surface area contributed by atoms with Crippen molar-refractivity contribution in [3.05, 3.63) is 52.1 Å². The van der Waals surface area contributed by atoms with Gasteiger partial charge in [-0.3, -0.25) is 4.79 Å². The van der Waals surface area contributed by atoms with Gasteiger partial charge in [-0.15, -0.1) is 0 Å². The first-order valence-corrected chi connectivity index (χ1v) is 6.12. The molecule has 1 aromatic heterocycles. The fourth-order valence-electron chi connectivity index (χ4n) is 1.59. The number of hydrogen-bond donors (Lipinski definition) is 0. The van der Waals surface area contributed by atoms with E-state index in [1.165, 1.54) is 0 Å². The Balaban J connectivity index is 2.58. The maximum Gasteiger partial charge on any atom is 0.205 e. The molecule has 2 nitrogen and oxygen atoms in total. The number of ketones is 1. The zero-order chi connectivity index (χ0) is 12.4. The number of rotatable bonds is 2. The quantitative estimate of drug-likeness (QED) is 0.614.